The molecule has 0 amide bonds. The van der Waals surface area contributed by atoms with Gasteiger partial charge in [0, 0.05) is 22.2 Å². The summed E-state index contributed by atoms with van der Waals surface area (Å²) < 4.78 is 0. The molecule has 3 N–H and O–H groups in total. The van der Waals surface area contributed by atoms with E-state index in [0.29, 0.717) is 39.5 Å². The number of hydrogen-bond acceptors (Lipinski definition) is 5. The third-order valence-electron chi connectivity index (χ3n) is 6.08. The van der Waals surface area contributed by atoms with Gasteiger partial charge in [-0.3, -0.25) is 0 Å². The van der Waals surface area contributed by atoms with Crippen molar-refractivity contribution in [1.29, 1.82) is 10.5 Å². The summed E-state index contributed by atoms with van der Waals surface area (Å²) in [6, 6.07) is 20.9. The van der Waals surface area contributed by atoms with E-state index >= 15 is 0 Å². The molecule has 174 valence electrons. The van der Waals surface area contributed by atoms with Crippen molar-refractivity contribution in [2.45, 2.75) is 18.9 Å². The van der Waals surface area contributed by atoms with Gasteiger partial charge in [-0.2, -0.15) is 10.5 Å². The van der Waals surface area contributed by atoms with E-state index in [9.17, 15) is 20.7 Å². The van der Waals surface area contributed by atoms with Gasteiger partial charge in [0.2, 0.25) is 0 Å². The van der Waals surface area contributed by atoms with Crippen molar-refractivity contribution in [1.82, 2.24) is 9.97 Å². The zero-order chi connectivity index (χ0) is 25.4. The Bertz CT molecular complexity index is 1800. The maximum Gasteiger partial charge on any atom is 0.145 e. The first-order chi connectivity index (χ1) is 17.3. The van der Waals surface area contributed by atoms with Gasteiger partial charge in [0.05, 0.1) is 46.5 Å². The van der Waals surface area contributed by atoms with Crippen LogP contribution in [0.4, 0.5) is 0 Å². The Morgan fingerprint density at radius 1 is 0.972 bits per heavy atom. The van der Waals surface area contributed by atoms with E-state index < -0.39 is 12.2 Å². The second-order valence-corrected chi connectivity index (χ2v) is 9.18. The van der Waals surface area contributed by atoms with Crippen LogP contribution in [0.3, 0.4) is 0 Å². The van der Waals surface area contributed by atoms with Crippen molar-refractivity contribution in [3.05, 3.63) is 76.3 Å². The van der Waals surface area contributed by atoms with Crippen molar-refractivity contribution in [3.8, 4) is 35.4 Å². The number of nitrogens with zero attached hydrogens (tertiary/aromatic N) is 3. The average Bonchev–Trinajstić information content (AvgIpc) is 3.33. The normalized spacial score (nSPS) is 12.6. The molecule has 0 bridgehead atoms. The molecule has 0 aliphatic carbocycles. The van der Waals surface area contributed by atoms with Crippen LogP contribution in [-0.4, -0.2) is 32.4 Å². The van der Waals surface area contributed by atoms with E-state index in [1.165, 1.54) is 6.92 Å². The molecule has 36 heavy (non-hydrogen) atoms. The number of halogens is 1. The molecule has 1 atom stereocenters. The fourth-order valence-corrected chi connectivity index (χ4v) is 4.51. The highest BCUT2D eigenvalue weighted by atomic mass is 35.5. The van der Waals surface area contributed by atoms with Gasteiger partial charge >= 0.3 is 0 Å². The summed E-state index contributed by atoms with van der Waals surface area (Å²) in [5.41, 5.74) is 2.19. The fourth-order valence-electron chi connectivity index (χ4n) is 4.34. The topological polar surface area (TPSA) is 117 Å². The van der Waals surface area contributed by atoms with Crippen LogP contribution in [0.2, 0.25) is 5.02 Å². The number of imidazole rings is 1. The van der Waals surface area contributed by atoms with E-state index in [2.05, 4.69) is 29.0 Å². The lowest BCUT2D eigenvalue weighted by Gasteiger charge is -2.11. The quantitative estimate of drug-likeness (QED) is 0.237. The maximum atomic E-state index is 9.94. The standard InChI is InChI=1S/C29H19ClN4O2/c1-29(36,16-35)11-3-4-17-7-9-21-23(12-17)24-13-20(30)8-10-22(24)27-26(21)33-28(34-27)25-18(14-31)5-2-6-19(25)15-32/h2,5-10,12-13,35-36H,4,16H2,1H3,(H,33,34). The molecule has 0 aliphatic heterocycles. The van der Waals surface area contributed by atoms with Crippen LogP contribution in [0.15, 0.2) is 54.6 Å². The Morgan fingerprint density at radius 2 is 1.67 bits per heavy atom. The summed E-state index contributed by atoms with van der Waals surface area (Å²) in [4.78, 5) is 8.21. The number of fused-ring (bicyclic) bond motifs is 6. The van der Waals surface area contributed by atoms with Crippen LogP contribution in [0, 0.1) is 34.5 Å². The summed E-state index contributed by atoms with van der Waals surface area (Å²) >= 11 is 6.37. The van der Waals surface area contributed by atoms with Gasteiger partial charge in [0.15, 0.2) is 0 Å². The summed E-state index contributed by atoms with van der Waals surface area (Å²) in [5, 5.41) is 42.7. The Kier molecular flexibility index (Phi) is 5.84. The lowest BCUT2D eigenvalue weighted by Crippen LogP contribution is -2.26. The Morgan fingerprint density at radius 3 is 2.36 bits per heavy atom. The van der Waals surface area contributed by atoms with Gasteiger partial charge in [0.25, 0.3) is 0 Å². The van der Waals surface area contributed by atoms with Crippen molar-refractivity contribution in [2.24, 2.45) is 0 Å². The van der Waals surface area contributed by atoms with E-state index in [1.54, 1.807) is 24.3 Å². The van der Waals surface area contributed by atoms with Crippen molar-refractivity contribution in [3.63, 3.8) is 0 Å². The summed E-state index contributed by atoms with van der Waals surface area (Å²) in [7, 11) is 0. The second-order valence-electron chi connectivity index (χ2n) is 8.74. The summed E-state index contributed by atoms with van der Waals surface area (Å²) in [6.45, 7) is 1.02. The molecular weight excluding hydrogens is 472 g/mol. The van der Waals surface area contributed by atoms with Crippen LogP contribution in [0.25, 0.3) is 44.0 Å². The predicted octanol–water partition coefficient (Wildman–Crippen LogP) is 5.22. The predicted molar refractivity (Wildman–Crippen MR) is 140 cm³/mol. The zero-order valence-corrected chi connectivity index (χ0v) is 20.0. The van der Waals surface area contributed by atoms with E-state index in [-0.39, 0.29) is 0 Å². The highest BCUT2D eigenvalue weighted by molar-refractivity contribution is 6.33. The molecule has 0 radical (unpaired) electrons. The number of aliphatic hydroxyl groups is 2. The first-order valence-corrected chi connectivity index (χ1v) is 11.5. The molecule has 0 aliphatic rings. The molecule has 6 nitrogen and oxygen atoms in total. The molecule has 0 spiro atoms. The number of hydrogen-bond donors (Lipinski definition) is 3. The smallest absolute Gasteiger partial charge is 0.145 e. The molecule has 7 heteroatoms. The highest BCUT2D eigenvalue weighted by Crippen LogP contribution is 2.38. The lowest BCUT2D eigenvalue weighted by molar-refractivity contribution is 0.0518. The van der Waals surface area contributed by atoms with Crippen molar-refractivity contribution in [2.75, 3.05) is 6.61 Å². The molecule has 0 saturated carbocycles. The molecule has 1 heterocycles. The summed E-state index contributed by atoms with van der Waals surface area (Å²) in [5.74, 6) is 6.08. The molecule has 1 unspecified atom stereocenters. The van der Waals surface area contributed by atoms with Gasteiger partial charge in [-0.05, 0) is 53.6 Å². The van der Waals surface area contributed by atoms with Crippen LogP contribution in [0.5, 0.6) is 0 Å². The molecular formula is C29H19ClN4O2. The lowest BCUT2D eigenvalue weighted by atomic mass is 9.97. The Hall–Kier alpha value is -4.38. The number of aromatic amines is 1. The number of rotatable bonds is 3. The summed E-state index contributed by atoms with van der Waals surface area (Å²) in [6.07, 6.45) is 0.390. The van der Waals surface area contributed by atoms with E-state index in [0.717, 1.165) is 32.6 Å². The molecule has 1 aromatic heterocycles. The molecule has 0 fully saturated rings. The van der Waals surface area contributed by atoms with E-state index in [4.69, 9.17) is 16.6 Å². The van der Waals surface area contributed by atoms with Crippen molar-refractivity contribution >= 4 is 44.2 Å². The highest BCUT2D eigenvalue weighted by Gasteiger charge is 2.19. The number of benzene rings is 4. The van der Waals surface area contributed by atoms with Gasteiger partial charge in [-0.25, -0.2) is 4.98 Å². The average molecular weight is 491 g/mol. The largest absolute Gasteiger partial charge is 0.392 e. The number of H-pyrrole nitrogens is 1. The van der Waals surface area contributed by atoms with Crippen molar-refractivity contribution < 1.29 is 10.2 Å². The first-order valence-electron chi connectivity index (χ1n) is 11.2. The monoisotopic (exact) mass is 490 g/mol. The molecule has 5 rings (SSSR count). The van der Waals surface area contributed by atoms with Crippen LogP contribution >= 0.6 is 11.6 Å². The minimum absolute atomic E-state index is 0.365. The van der Waals surface area contributed by atoms with Crippen LogP contribution in [0.1, 0.15) is 23.6 Å². The SMILES string of the molecule is CC(O)(C#CCc1ccc2c(c1)c1cc(Cl)ccc1c1nc(-c3c(C#N)cccc3C#N)[nH]c21)CO. The molecule has 5 aromatic rings. The van der Waals surface area contributed by atoms with E-state index in [1.807, 2.05) is 30.3 Å². The van der Waals surface area contributed by atoms with Crippen LogP contribution in [-0.2, 0) is 6.42 Å². The Balaban J connectivity index is 1.78. The number of aromatic nitrogens is 2. The van der Waals surface area contributed by atoms with Gasteiger partial charge in [-0.1, -0.05) is 47.7 Å². The number of nitrogens with one attached hydrogen (secondary N) is 1. The third-order valence-corrected chi connectivity index (χ3v) is 6.32. The van der Waals surface area contributed by atoms with Crippen LogP contribution < -0.4 is 0 Å². The number of aliphatic hydroxyl groups excluding tert-OH is 1. The van der Waals surface area contributed by atoms with Gasteiger partial charge in [0.1, 0.15) is 11.4 Å². The number of nitriles is 2. The maximum absolute atomic E-state index is 9.94. The minimum atomic E-state index is -1.45. The first kappa shape index (κ1) is 23.4. The minimum Gasteiger partial charge on any atom is -0.392 e. The molecule has 0 saturated heterocycles. The van der Waals surface area contributed by atoms with Gasteiger partial charge in [-0.15, -0.1) is 0 Å². The van der Waals surface area contributed by atoms with Gasteiger partial charge < -0.3 is 15.2 Å². The zero-order valence-electron chi connectivity index (χ0n) is 19.2. The fraction of sp³-hybridized carbons (Fsp3) is 0.138. The third kappa shape index (κ3) is 4.03. The second kappa shape index (κ2) is 9.00. The molecule has 4 aromatic carbocycles. The Labute approximate surface area is 212 Å².